The van der Waals surface area contributed by atoms with Crippen LogP contribution in [0.15, 0.2) is 41.3 Å². The Morgan fingerprint density at radius 1 is 1.11 bits per heavy atom. The minimum atomic E-state index is -0.723. The molecule has 1 aliphatic heterocycles. The number of likely N-dealkylation sites (tertiary alicyclic amines) is 1. The van der Waals surface area contributed by atoms with Crippen molar-refractivity contribution < 1.29 is 14.7 Å². The van der Waals surface area contributed by atoms with Crippen LogP contribution >= 0.6 is 11.3 Å². The zero-order valence-electron chi connectivity index (χ0n) is 15.2. The fourth-order valence-corrected chi connectivity index (χ4v) is 5.01. The fraction of sp³-hybridized carbons (Fsp3) is 0.364. The molecule has 27 heavy (non-hydrogen) atoms. The van der Waals surface area contributed by atoms with Gasteiger partial charge in [0.25, 0.3) is 0 Å². The summed E-state index contributed by atoms with van der Waals surface area (Å²) in [5.74, 6) is -0.506. The van der Waals surface area contributed by atoms with Crippen LogP contribution in [0.25, 0.3) is 5.57 Å². The molecule has 2 aromatic rings. The normalized spacial score (nSPS) is 17.4. The van der Waals surface area contributed by atoms with Crippen molar-refractivity contribution in [3.05, 3.63) is 62.9 Å². The molecule has 1 fully saturated rings. The van der Waals surface area contributed by atoms with Crippen LogP contribution in [0.1, 0.15) is 52.0 Å². The van der Waals surface area contributed by atoms with E-state index in [0.29, 0.717) is 12.8 Å². The van der Waals surface area contributed by atoms with Crippen LogP contribution in [0.4, 0.5) is 0 Å². The number of fused-ring (bicyclic) bond motifs is 2. The van der Waals surface area contributed by atoms with Gasteiger partial charge in [-0.25, -0.2) is 0 Å². The van der Waals surface area contributed by atoms with Gasteiger partial charge in [0.2, 0.25) is 0 Å². The van der Waals surface area contributed by atoms with Gasteiger partial charge in [-0.05, 0) is 54.0 Å². The van der Waals surface area contributed by atoms with Gasteiger partial charge in [0.1, 0.15) is 0 Å². The van der Waals surface area contributed by atoms with Crippen LogP contribution in [-0.2, 0) is 11.2 Å². The van der Waals surface area contributed by atoms with Gasteiger partial charge >= 0.3 is 5.97 Å². The Bertz CT molecular complexity index is 902. The van der Waals surface area contributed by atoms with Gasteiger partial charge in [0.05, 0.1) is 4.88 Å². The molecule has 0 amide bonds. The van der Waals surface area contributed by atoms with E-state index in [1.54, 1.807) is 11.3 Å². The maximum atomic E-state index is 12.7. The van der Waals surface area contributed by atoms with Crippen LogP contribution in [0.5, 0.6) is 0 Å². The largest absolute Gasteiger partial charge is 0.481 e. The van der Waals surface area contributed by atoms with Crippen molar-refractivity contribution in [1.82, 2.24) is 4.90 Å². The Balaban J connectivity index is 1.63. The second-order valence-corrected chi connectivity index (χ2v) is 8.15. The van der Waals surface area contributed by atoms with E-state index in [-0.39, 0.29) is 12.2 Å². The summed E-state index contributed by atoms with van der Waals surface area (Å²) in [6.07, 6.45) is 3.35. The lowest BCUT2D eigenvalue weighted by Gasteiger charge is -2.30. The number of benzene rings is 1. The van der Waals surface area contributed by atoms with Gasteiger partial charge < -0.3 is 10.0 Å². The zero-order valence-corrected chi connectivity index (χ0v) is 16.1. The third-order valence-corrected chi connectivity index (χ3v) is 6.46. The molecule has 2 aliphatic rings. The number of hydrogen-bond donors (Lipinski definition) is 1. The Labute approximate surface area is 163 Å². The Hall–Kier alpha value is -2.24. The lowest BCUT2D eigenvalue weighted by atomic mass is 9.87. The summed E-state index contributed by atoms with van der Waals surface area (Å²) in [6.45, 7) is 2.75. The number of carbonyl (C=O) groups is 2. The predicted octanol–water partition coefficient (Wildman–Crippen LogP) is 4.25. The number of carboxylic acid groups (broad SMARTS) is 1. The molecular formula is C22H23NO3S. The summed E-state index contributed by atoms with van der Waals surface area (Å²) in [5.41, 5.74) is 6.11. The number of hydrogen-bond acceptors (Lipinski definition) is 4. The fourth-order valence-electron chi connectivity index (χ4n) is 4.17. The SMILES string of the molecule is O=C(O)CCCN1CCC(=C2c3ccccc3CC(=O)c3sccc32)CC1. The number of aliphatic carboxylic acids is 1. The lowest BCUT2D eigenvalue weighted by molar-refractivity contribution is -0.137. The van der Waals surface area contributed by atoms with E-state index in [4.69, 9.17) is 5.11 Å². The minimum absolute atomic E-state index is 0.217. The van der Waals surface area contributed by atoms with Gasteiger partial charge in [0, 0.05) is 31.5 Å². The summed E-state index contributed by atoms with van der Waals surface area (Å²) in [4.78, 5) is 26.7. The number of nitrogens with zero attached hydrogens (tertiary/aromatic N) is 1. The molecule has 1 aromatic heterocycles. The first-order valence-corrected chi connectivity index (χ1v) is 10.4. The zero-order chi connectivity index (χ0) is 18.8. The molecular weight excluding hydrogens is 358 g/mol. The third kappa shape index (κ3) is 3.75. The average Bonchev–Trinajstić information content (AvgIpc) is 3.10. The van der Waals surface area contributed by atoms with Gasteiger partial charge in [-0.1, -0.05) is 29.8 Å². The summed E-state index contributed by atoms with van der Waals surface area (Å²) < 4.78 is 0. The molecule has 1 aromatic carbocycles. The number of carbonyl (C=O) groups excluding carboxylic acids is 1. The van der Waals surface area contributed by atoms with E-state index >= 15 is 0 Å². The number of thiophene rings is 1. The maximum Gasteiger partial charge on any atom is 0.303 e. The van der Waals surface area contributed by atoms with Crippen molar-refractivity contribution in [2.24, 2.45) is 0 Å². The molecule has 1 N–H and O–H groups in total. The minimum Gasteiger partial charge on any atom is -0.481 e. The van der Waals surface area contributed by atoms with Crippen molar-refractivity contribution in [3.63, 3.8) is 0 Å². The average molecular weight is 381 g/mol. The summed E-state index contributed by atoms with van der Waals surface area (Å²) in [6, 6.07) is 10.4. The highest BCUT2D eigenvalue weighted by molar-refractivity contribution is 7.12. The third-order valence-electron chi connectivity index (χ3n) is 5.50. The molecule has 0 spiro atoms. The van der Waals surface area contributed by atoms with E-state index in [1.165, 1.54) is 16.7 Å². The number of rotatable bonds is 4. The molecule has 140 valence electrons. The number of ketones is 1. The maximum absolute atomic E-state index is 12.7. The quantitative estimate of drug-likeness (QED) is 0.860. The monoisotopic (exact) mass is 381 g/mol. The van der Waals surface area contributed by atoms with E-state index in [1.807, 2.05) is 11.4 Å². The van der Waals surface area contributed by atoms with Gasteiger partial charge in [-0.15, -0.1) is 11.3 Å². The van der Waals surface area contributed by atoms with Crippen molar-refractivity contribution in [3.8, 4) is 0 Å². The molecule has 4 nitrogen and oxygen atoms in total. The Morgan fingerprint density at radius 3 is 2.67 bits per heavy atom. The first-order valence-electron chi connectivity index (χ1n) is 9.49. The standard InChI is InChI=1S/C22H23NO3S/c24-19-14-16-4-1-2-5-17(16)21(18-9-13-27-22(18)19)15-7-11-23(12-8-15)10-3-6-20(25)26/h1-2,4-5,9,13H,3,6-8,10-12,14H2,(H,25,26). The number of piperidine rings is 1. The first-order chi connectivity index (χ1) is 13.1. The number of carboxylic acids is 1. The molecule has 5 heteroatoms. The molecule has 0 saturated carbocycles. The van der Waals surface area contributed by atoms with Crippen molar-refractivity contribution in [2.45, 2.75) is 32.1 Å². The first kappa shape index (κ1) is 18.1. The van der Waals surface area contributed by atoms with Crippen LogP contribution in [0.2, 0.25) is 0 Å². The van der Waals surface area contributed by atoms with Crippen LogP contribution in [0.3, 0.4) is 0 Å². The highest BCUT2D eigenvalue weighted by Gasteiger charge is 2.27. The molecule has 0 unspecified atom stereocenters. The molecule has 0 bridgehead atoms. The number of Topliss-reactive ketones (excluding diaryl/α,β-unsaturated/α-hetero) is 1. The van der Waals surface area contributed by atoms with Crippen molar-refractivity contribution in [2.75, 3.05) is 19.6 Å². The van der Waals surface area contributed by atoms with Crippen LogP contribution in [-0.4, -0.2) is 41.4 Å². The topological polar surface area (TPSA) is 57.6 Å². The van der Waals surface area contributed by atoms with E-state index in [2.05, 4.69) is 29.2 Å². The molecule has 2 heterocycles. The van der Waals surface area contributed by atoms with E-state index in [9.17, 15) is 9.59 Å². The van der Waals surface area contributed by atoms with Crippen LogP contribution < -0.4 is 0 Å². The van der Waals surface area contributed by atoms with Gasteiger partial charge in [-0.2, -0.15) is 0 Å². The molecule has 0 radical (unpaired) electrons. The predicted molar refractivity (Wildman–Crippen MR) is 107 cm³/mol. The van der Waals surface area contributed by atoms with Gasteiger partial charge in [-0.3, -0.25) is 9.59 Å². The summed E-state index contributed by atoms with van der Waals surface area (Å²) >= 11 is 1.55. The second kappa shape index (κ2) is 7.79. The van der Waals surface area contributed by atoms with Crippen molar-refractivity contribution >= 4 is 28.7 Å². The van der Waals surface area contributed by atoms with E-state index < -0.39 is 5.97 Å². The summed E-state index contributed by atoms with van der Waals surface area (Å²) in [7, 11) is 0. The molecule has 1 aliphatic carbocycles. The van der Waals surface area contributed by atoms with Crippen molar-refractivity contribution in [1.29, 1.82) is 0 Å². The van der Waals surface area contributed by atoms with Crippen LogP contribution in [0, 0.1) is 0 Å². The van der Waals surface area contributed by atoms with Gasteiger partial charge in [0.15, 0.2) is 5.78 Å². The summed E-state index contributed by atoms with van der Waals surface area (Å²) in [5, 5.41) is 10.8. The second-order valence-electron chi connectivity index (χ2n) is 7.24. The smallest absolute Gasteiger partial charge is 0.303 e. The molecule has 0 atom stereocenters. The Morgan fingerprint density at radius 2 is 1.89 bits per heavy atom. The lowest BCUT2D eigenvalue weighted by Crippen LogP contribution is -2.32. The molecule has 4 rings (SSSR count). The highest BCUT2D eigenvalue weighted by atomic mass is 32.1. The highest BCUT2D eigenvalue weighted by Crippen LogP contribution is 2.40. The molecule has 1 saturated heterocycles. The van der Waals surface area contributed by atoms with E-state index in [0.717, 1.165) is 48.5 Å². The Kier molecular flexibility index (Phi) is 5.23.